The van der Waals surface area contributed by atoms with Gasteiger partial charge in [0.2, 0.25) is 11.9 Å². The van der Waals surface area contributed by atoms with Gasteiger partial charge < -0.3 is 20.7 Å². The van der Waals surface area contributed by atoms with Crippen molar-refractivity contribution in [1.29, 1.82) is 0 Å². The van der Waals surface area contributed by atoms with E-state index in [-0.39, 0.29) is 5.91 Å². The fourth-order valence-electron chi connectivity index (χ4n) is 4.50. The van der Waals surface area contributed by atoms with Crippen LogP contribution in [0.1, 0.15) is 65.4 Å². The summed E-state index contributed by atoms with van der Waals surface area (Å²) in [7, 11) is 1.91. The van der Waals surface area contributed by atoms with Gasteiger partial charge in [0.1, 0.15) is 17.5 Å². The lowest BCUT2D eigenvalue weighted by Gasteiger charge is -2.28. The fraction of sp³-hybridized carbons (Fsp3) is 0.500. The van der Waals surface area contributed by atoms with E-state index in [2.05, 4.69) is 49.8 Å². The summed E-state index contributed by atoms with van der Waals surface area (Å²) in [6.45, 7) is 9.33. The number of hydrogen-bond donors (Lipinski definition) is 3. The summed E-state index contributed by atoms with van der Waals surface area (Å²) in [6, 6.07) is 5.51. The molecule has 0 aliphatic carbocycles. The molecule has 0 spiro atoms. The monoisotopic (exact) mass is 560 g/mol. The number of aryl methyl sites for hydroxylation is 1. The number of anilines is 3. The summed E-state index contributed by atoms with van der Waals surface area (Å²) in [5, 5.41) is 14.9. The van der Waals surface area contributed by atoms with E-state index in [0.29, 0.717) is 49.7 Å². The normalized spacial score (nSPS) is 14.9. The molecule has 218 valence electrons. The van der Waals surface area contributed by atoms with Crippen molar-refractivity contribution in [3.05, 3.63) is 36.2 Å². The van der Waals surface area contributed by atoms with Crippen LogP contribution in [-0.4, -0.2) is 67.9 Å². The third-order valence-corrected chi connectivity index (χ3v) is 6.52. The quantitative estimate of drug-likeness (QED) is 0.257. The van der Waals surface area contributed by atoms with E-state index in [9.17, 15) is 9.59 Å². The van der Waals surface area contributed by atoms with Gasteiger partial charge in [-0.2, -0.15) is 10.1 Å². The first-order valence-electron chi connectivity index (χ1n) is 14.2. The van der Waals surface area contributed by atoms with Crippen molar-refractivity contribution in [2.75, 3.05) is 30.3 Å². The predicted molar refractivity (Wildman–Crippen MR) is 160 cm³/mol. The minimum Gasteiger partial charge on any atom is -0.444 e. The van der Waals surface area contributed by atoms with Crippen LogP contribution in [0.25, 0.3) is 10.9 Å². The standard InChI is InChI=1S/C30H40N8O3/c1-6-15-31-26-22(19-33-28(36-26)35-23-14-13-21-20-34-37(5)25(21)18-23)11-8-7-9-16-32-27(39)24-12-10-17-38(24)29(40)41-30(2,3)4/h13-14,18-20,24H,6-7,9-10,12,15-17H2,1-5H3,(H,32,39)(H2,31,33,35,36)/t24-/m0/s1. The van der Waals surface area contributed by atoms with E-state index in [0.717, 1.165) is 36.0 Å². The van der Waals surface area contributed by atoms with E-state index in [1.807, 2.05) is 56.9 Å². The number of carbonyl (C=O) groups is 2. The Morgan fingerprint density at radius 3 is 2.80 bits per heavy atom. The summed E-state index contributed by atoms with van der Waals surface area (Å²) >= 11 is 0. The molecule has 1 fully saturated rings. The number of fused-ring (bicyclic) bond motifs is 1. The number of hydrogen-bond acceptors (Lipinski definition) is 8. The van der Waals surface area contributed by atoms with Crippen molar-refractivity contribution in [1.82, 2.24) is 30.0 Å². The molecule has 0 saturated carbocycles. The summed E-state index contributed by atoms with van der Waals surface area (Å²) in [5.41, 5.74) is 2.01. The molecule has 1 saturated heterocycles. The van der Waals surface area contributed by atoms with Gasteiger partial charge in [0.05, 0.1) is 23.5 Å². The van der Waals surface area contributed by atoms with Crippen molar-refractivity contribution in [3.63, 3.8) is 0 Å². The van der Waals surface area contributed by atoms with E-state index in [4.69, 9.17) is 4.74 Å². The maximum absolute atomic E-state index is 12.7. The second-order valence-corrected chi connectivity index (χ2v) is 11.1. The number of likely N-dealkylation sites (tertiary alicyclic amines) is 1. The number of nitrogens with zero attached hydrogens (tertiary/aromatic N) is 5. The number of rotatable bonds is 9. The van der Waals surface area contributed by atoms with Gasteiger partial charge in [-0.15, -0.1) is 0 Å². The van der Waals surface area contributed by atoms with Gasteiger partial charge in [-0.1, -0.05) is 18.8 Å². The van der Waals surface area contributed by atoms with Crippen LogP contribution in [0.15, 0.2) is 30.6 Å². The zero-order valence-electron chi connectivity index (χ0n) is 24.6. The van der Waals surface area contributed by atoms with Crippen LogP contribution in [0.4, 0.5) is 22.2 Å². The molecule has 41 heavy (non-hydrogen) atoms. The van der Waals surface area contributed by atoms with Crippen molar-refractivity contribution < 1.29 is 14.3 Å². The molecule has 3 heterocycles. The SMILES string of the molecule is CCCNc1nc(Nc2ccc3cnn(C)c3c2)ncc1C#CCCCNC(=O)[C@@H]1CCCN1C(=O)OC(C)(C)C. The van der Waals surface area contributed by atoms with Crippen LogP contribution in [0.2, 0.25) is 0 Å². The van der Waals surface area contributed by atoms with Gasteiger partial charge in [-0.25, -0.2) is 9.78 Å². The first kappa shape index (κ1) is 29.6. The number of ether oxygens (including phenoxy) is 1. The highest BCUT2D eigenvalue weighted by Gasteiger charge is 2.36. The predicted octanol–water partition coefficient (Wildman–Crippen LogP) is 4.58. The number of nitrogens with one attached hydrogen (secondary N) is 3. The van der Waals surface area contributed by atoms with Gasteiger partial charge >= 0.3 is 6.09 Å². The van der Waals surface area contributed by atoms with Crippen LogP contribution >= 0.6 is 0 Å². The Morgan fingerprint density at radius 2 is 2.02 bits per heavy atom. The molecule has 1 atom stereocenters. The molecule has 0 bridgehead atoms. The molecule has 3 N–H and O–H groups in total. The maximum atomic E-state index is 12.7. The lowest BCUT2D eigenvalue weighted by atomic mass is 10.2. The van der Waals surface area contributed by atoms with Crippen LogP contribution in [-0.2, 0) is 16.6 Å². The van der Waals surface area contributed by atoms with Crippen molar-refractivity contribution >= 4 is 40.4 Å². The third kappa shape index (κ3) is 8.10. The second-order valence-electron chi connectivity index (χ2n) is 11.1. The molecule has 1 aromatic carbocycles. The molecule has 0 unspecified atom stereocenters. The minimum absolute atomic E-state index is 0.147. The fourth-order valence-corrected chi connectivity index (χ4v) is 4.50. The van der Waals surface area contributed by atoms with E-state index in [1.54, 1.807) is 6.20 Å². The Labute approximate surface area is 241 Å². The lowest BCUT2D eigenvalue weighted by molar-refractivity contribution is -0.125. The molecule has 11 heteroatoms. The van der Waals surface area contributed by atoms with Crippen molar-refractivity contribution in [3.8, 4) is 11.8 Å². The molecular weight excluding hydrogens is 520 g/mol. The Balaban J connectivity index is 1.30. The van der Waals surface area contributed by atoms with Crippen LogP contribution in [0.3, 0.4) is 0 Å². The lowest BCUT2D eigenvalue weighted by Crippen LogP contribution is -2.47. The molecule has 3 aromatic rings. The largest absolute Gasteiger partial charge is 0.444 e. The molecule has 1 aliphatic heterocycles. The highest BCUT2D eigenvalue weighted by atomic mass is 16.6. The molecule has 0 radical (unpaired) electrons. The van der Waals surface area contributed by atoms with E-state index >= 15 is 0 Å². The number of amides is 2. The molecule has 2 amide bonds. The van der Waals surface area contributed by atoms with Crippen LogP contribution < -0.4 is 16.0 Å². The molecular formula is C30H40N8O3. The molecule has 11 nitrogen and oxygen atoms in total. The second kappa shape index (κ2) is 13.4. The number of aromatic nitrogens is 4. The molecule has 4 rings (SSSR count). The average molecular weight is 561 g/mol. The van der Waals surface area contributed by atoms with Crippen molar-refractivity contribution in [2.24, 2.45) is 7.05 Å². The zero-order valence-corrected chi connectivity index (χ0v) is 24.6. The molecule has 1 aliphatic rings. The smallest absolute Gasteiger partial charge is 0.410 e. The maximum Gasteiger partial charge on any atom is 0.410 e. The Bertz CT molecular complexity index is 1430. The summed E-state index contributed by atoms with van der Waals surface area (Å²) in [5.74, 6) is 7.35. The van der Waals surface area contributed by atoms with Crippen LogP contribution in [0.5, 0.6) is 0 Å². The van der Waals surface area contributed by atoms with Gasteiger partial charge in [0.15, 0.2) is 0 Å². The highest BCUT2D eigenvalue weighted by Crippen LogP contribution is 2.23. The average Bonchev–Trinajstić information content (AvgIpc) is 3.56. The number of carbonyl (C=O) groups excluding carboxylic acids is 2. The minimum atomic E-state index is -0.595. The zero-order chi connectivity index (χ0) is 29.4. The van der Waals surface area contributed by atoms with Gasteiger partial charge in [0, 0.05) is 44.2 Å². The first-order chi connectivity index (χ1) is 19.6. The Hall–Kier alpha value is -4.33. The Morgan fingerprint density at radius 1 is 1.20 bits per heavy atom. The van der Waals surface area contributed by atoms with E-state index < -0.39 is 17.7 Å². The topological polar surface area (TPSA) is 126 Å². The Kier molecular flexibility index (Phi) is 9.65. The van der Waals surface area contributed by atoms with Crippen LogP contribution in [0, 0.1) is 11.8 Å². The van der Waals surface area contributed by atoms with Gasteiger partial charge in [-0.3, -0.25) is 14.4 Å². The summed E-state index contributed by atoms with van der Waals surface area (Å²) in [4.78, 5) is 35.9. The third-order valence-electron chi connectivity index (χ3n) is 6.52. The summed E-state index contributed by atoms with van der Waals surface area (Å²) < 4.78 is 7.28. The highest BCUT2D eigenvalue weighted by molar-refractivity contribution is 5.86. The number of benzene rings is 1. The first-order valence-corrected chi connectivity index (χ1v) is 14.2. The van der Waals surface area contributed by atoms with Gasteiger partial charge in [-0.05, 0) is 64.7 Å². The summed E-state index contributed by atoms with van der Waals surface area (Å²) in [6.07, 6.45) is 6.77. The number of unbranched alkanes of at least 4 members (excludes halogenated alkanes) is 1. The van der Waals surface area contributed by atoms with Gasteiger partial charge in [0.25, 0.3) is 0 Å². The van der Waals surface area contributed by atoms with Crippen molar-refractivity contribution in [2.45, 2.75) is 71.4 Å². The molecule has 2 aromatic heterocycles. The van der Waals surface area contributed by atoms with E-state index in [1.165, 1.54) is 4.90 Å².